The number of nitrogens with zero attached hydrogens (tertiary/aromatic N) is 2. The van der Waals surface area contributed by atoms with Crippen LogP contribution in [0, 0.1) is 11.6 Å². The highest BCUT2D eigenvalue weighted by Gasteiger charge is 2.24. The van der Waals surface area contributed by atoms with E-state index in [-0.39, 0.29) is 46.8 Å². The number of pyridine rings is 1. The Kier molecular flexibility index (Phi) is 8.20. The van der Waals surface area contributed by atoms with E-state index in [1.54, 1.807) is 25.1 Å². The maximum Gasteiger partial charge on any atom is 0.335 e. The second-order valence-corrected chi connectivity index (χ2v) is 9.60. The van der Waals surface area contributed by atoms with Gasteiger partial charge >= 0.3 is 5.97 Å². The largest absolute Gasteiger partial charge is 0.497 e. The lowest BCUT2D eigenvalue weighted by Gasteiger charge is -2.22. The normalized spacial score (nSPS) is 10.9. The molecule has 43 heavy (non-hydrogen) atoms. The third-order valence-corrected chi connectivity index (χ3v) is 6.83. The molecule has 0 aliphatic heterocycles. The standard InChI is InChI=1S/C33H26F2N2O6/c1-3-36(25-14-22(34)13-23(35)15-25)32(39)29-18-37(24-11-21(33(40)41)12-27(16-24)42-2)30-17-26(9-10-28(30)31(29)38)43-19-20-7-5-4-6-8-20/h4-18H,3,19H2,1-2H3,(H,40,41). The molecule has 1 heterocycles. The van der Waals surface area contributed by atoms with Gasteiger partial charge in [-0.1, -0.05) is 30.3 Å². The molecule has 1 amide bonds. The van der Waals surface area contributed by atoms with Crippen LogP contribution in [0.2, 0.25) is 0 Å². The third-order valence-electron chi connectivity index (χ3n) is 6.83. The minimum atomic E-state index is -1.21. The van der Waals surface area contributed by atoms with Crippen LogP contribution >= 0.6 is 0 Å². The van der Waals surface area contributed by atoms with Gasteiger partial charge in [-0.3, -0.25) is 9.59 Å². The maximum atomic E-state index is 14.0. The number of fused-ring (bicyclic) bond motifs is 1. The summed E-state index contributed by atoms with van der Waals surface area (Å²) in [4.78, 5) is 40.5. The number of amides is 1. The van der Waals surface area contributed by atoms with Crippen molar-refractivity contribution in [2.75, 3.05) is 18.6 Å². The number of carbonyl (C=O) groups is 2. The highest BCUT2D eigenvalue weighted by molar-refractivity contribution is 6.07. The molecule has 0 spiro atoms. The molecule has 218 valence electrons. The molecule has 4 aromatic carbocycles. The van der Waals surface area contributed by atoms with Crippen LogP contribution in [-0.4, -0.2) is 35.2 Å². The van der Waals surface area contributed by atoms with Crippen LogP contribution in [-0.2, 0) is 6.61 Å². The van der Waals surface area contributed by atoms with Crippen molar-refractivity contribution in [3.8, 4) is 17.2 Å². The van der Waals surface area contributed by atoms with Gasteiger partial charge in [-0.05, 0) is 48.9 Å². The molecular weight excluding hydrogens is 558 g/mol. The molecule has 0 bridgehead atoms. The Hall–Kier alpha value is -5.51. The van der Waals surface area contributed by atoms with Crippen molar-refractivity contribution in [1.29, 1.82) is 0 Å². The predicted molar refractivity (Wildman–Crippen MR) is 158 cm³/mol. The Morgan fingerprint density at radius 1 is 0.907 bits per heavy atom. The van der Waals surface area contributed by atoms with Gasteiger partial charge in [0.25, 0.3) is 5.91 Å². The van der Waals surface area contributed by atoms with Crippen molar-refractivity contribution >= 4 is 28.5 Å². The highest BCUT2D eigenvalue weighted by atomic mass is 19.1. The van der Waals surface area contributed by atoms with Crippen LogP contribution in [0.4, 0.5) is 14.5 Å². The fourth-order valence-electron chi connectivity index (χ4n) is 4.75. The summed E-state index contributed by atoms with van der Waals surface area (Å²) in [5.74, 6) is -3.10. The van der Waals surface area contributed by atoms with E-state index in [0.717, 1.165) is 22.6 Å². The van der Waals surface area contributed by atoms with Crippen LogP contribution in [0.15, 0.2) is 95.9 Å². The molecule has 8 nitrogen and oxygen atoms in total. The number of rotatable bonds is 9. The molecule has 0 saturated carbocycles. The van der Waals surface area contributed by atoms with E-state index in [2.05, 4.69) is 0 Å². The van der Waals surface area contributed by atoms with Gasteiger partial charge in [0.2, 0.25) is 5.43 Å². The van der Waals surface area contributed by atoms with Crippen molar-refractivity contribution in [3.05, 3.63) is 130 Å². The van der Waals surface area contributed by atoms with E-state index in [9.17, 15) is 28.3 Å². The molecular formula is C33H26F2N2O6. The molecule has 10 heteroatoms. The fourth-order valence-corrected chi connectivity index (χ4v) is 4.75. The molecule has 5 aromatic rings. The zero-order chi connectivity index (χ0) is 30.7. The Morgan fingerprint density at radius 3 is 2.28 bits per heavy atom. The van der Waals surface area contributed by atoms with Crippen molar-refractivity contribution in [3.63, 3.8) is 0 Å². The quantitative estimate of drug-likeness (QED) is 0.221. The number of methoxy groups -OCH3 is 1. The first kappa shape index (κ1) is 29.0. The average Bonchev–Trinajstić information content (AvgIpc) is 3.00. The van der Waals surface area contributed by atoms with Crippen LogP contribution in [0.3, 0.4) is 0 Å². The van der Waals surface area contributed by atoms with E-state index in [4.69, 9.17) is 9.47 Å². The van der Waals surface area contributed by atoms with Crippen LogP contribution in [0.1, 0.15) is 33.2 Å². The van der Waals surface area contributed by atoms with E-state index >= 15 is 0 Å². The van der Waals surface area contributed by atoms with Crippen LogP contribution in [0.5, 0.6) is 11.5 Å². The first-order chi connectivity index (χ1) is 20.7. The SMILES string of the molecule is CCN(C(=O)c1cn(-c2cc(OC)cc(C(=O)O)c2)c2cc(OCc3ccccc3)ccc2c1=O)c1cc(F)cc(F)c1. The molecule has 0 atom stereocenters. The van der Waals surface area contributed by atoms with E-state index < -0.39 is 28.9 Å². The molecule has 0 saturated heterocycles. The van der Waals surface area contributed by atoms with E-state index in [0.29, 0.717) is 17.3 Å². The number of halogens is 2. The minimum Gasteiger partial charge on any atom is -0.497 e. The molecule has 1 aromatic heterocycles. The molecule has 1 N–H and O–H groups in total. The maximum absolute atomic E-state index is 14.0. The molecule has 5 rings (SSSR count). The van der Waals surface area contributed by atoms with Gasteiger partial charge in [-0.25, -0.2) is 13.6 Å². The summed E-state index contributed by atoms with van der Waals surface area (Å²) in [6, 6.07) is 21.2. The average molecular weight is 585 g/mol. The number of aromatic nitrogens is 1. The molecule has 0 fully saturated rings. The van der Waals surface area contributed by atoms with Crippen LogP contribution in [0.25, 0.3) is 16.6 Å². The molecule has 0 aliphatic carbocycles. The van der Waals surface area contributed by atoms with Gasteiger partial charge in [0.15, 0.2) is 0 Å². The second kappa shape index (κ2) is 12.2. The van der Waals surface area contributed by atoms with E-state index in [1.807, 2.05) is 30.3 Å². The number of ether oxygens (including phenoxy) is 2. The second-order valence-electron chi connectivity index (χ2n) is 9.60. The Labute approximate surface area is 245 Å². The number of carbonyl (C=O) groups excluding carboxylic acids is 1. The number of hydrogen-bond acceptors (Lipinski definition) is 5. The van der Waals surface area contributed by atoms with Crippen LogP contribution < -0.4 is 19.8 Å². The Balaban J connectivity index is 1.70. The smallest absolute Gasteiger partial charge is 0.335 e. The van der Waals surface area contributed by atoms with Crippen molar-refractivity contribution in [2.45, 2.75) is 13.5 Å². The number of aromatic carboxylic acids is 1. The monoisotopic (exact) mass is 584 g/mol. The fraction of sp³-hybridized carbons (Fsp3) is 0.121. The summed E-state index contributed by atoms with van der Waals surface area (Å²) < 4.78 is 40.8. The zero-order valence-corrected chi connectivity index (χ0v) is 23.2. The van der Waals surface area contributed by atoms with Crippen molar-refractivity contribution in [2.24, 2.45) is 0 Å². The first-order valence-corrected chi connectivity index (χ1v) is 13.3. The minimum absolute atomic E-state index is 0.00773. The van der Waals surface area contributed by atoms with Gasteiger partial charge in [0.05, 0.1) is 23.9 Å². The summed E-state index contributed by atoms with van der Waals surface area (Å²) in [5, 5.41) is 9.86. The summed E-state index contributed by atoms with van der Waals surface area (Å²) in [6.07, 6.45) is 1.28. The Bertz CT molecular complexity index is 1890. The summed E-state index contributed by atoms with van der Waals surface area (Å²) in [6.45, 7) is 1.87. The van der Waals surface area contributed by atoms with Gasteiger partial charge in [0, 0.05) is 42.0 Å². The first-order valence-electron chi connectivity index (χ1n) is 13.3. The van der Waals surface area contributed by atoms with E-state index in [1.165, 1.54) is 36.1 Å². The number of carboxylic acids is 1. The van der Waals surface area contributed by atoms with Gasteiger partial charge < -0.3 is 24.0 Å². The predicted octanol–water partition coefficient (Wildman–Crippen LogP) is 6.22. The lowest BCUT2D eigenvalue weighted by atomic mass is 10.1. The lowest BCUT2D eigenvalue weighted by Crippen LogP contribution is -2.35. The lowest BCUT2D eigenvalue weighted by molar-refractivity contribution is 0.0696. The van der Waals surface area contributed by atoms with Gasteiger partial charge in [-0.2, -0.15) is 0 Å². The number of anilines is 1. The van der Waals surface area contributed by atoms with Crippen molar-refractivity contribution < 1.29 is 33.0 Å². The number of carboxylic acid groups (broad SMARTS) is 1. The number of benzene rings is 4. The highest BCUT2D eigenvalue weighted by Crippen LogP contribution is 2.28. The van der Waals surface area contributed by atoms with Gasteiger partial charge in [-0.15, -0.1) is 0 Å². The number of hydrogen-bond donors (Lipinski definition) is 1. The molecule has 0 unspecified atom stereocenters. The summed E-state index contributed by atoms with van der Waals surface area (Å²) >= 11 is 0. The third kappa shape index (κ3) is 6.08. The topological polar surface area (TPSA) is 98.1 Å². The molecule has 0 radical (unpaired) electrons. The van der Waals surface area contributed by atoms with Gasteiger partial charge in [0.1, 0.15) is 35.3 Å². The van der Waals surface area contributed by atoms with Crippen molar-refractivity contribution in [1.82, 2.24) is 4.57 Å². The summed E-state index contributed by atoms with van der Waals surface area (Å²) in [7, 11) is 1.38. The summed E-state index contributed by atoms with van der Waals surface area (Å²) in [5.41, 5.74) is 0.478. The Morgan fingerprint density at radius 2 is 1.63 bits per heavy atom. The zero-order valence-electron chi connectivity index (χ0n) is 23.2. The molecule has 0 aliphatic rings.